The van der Waals surface area contributed by atoms with E-state index in [1.54, 1.807) is 0 Å². The van der Waals surface area contributed by atoms with E-state index in [1.165, 1.54) is 21.5 Å². The molecule has 5 heteroatoms. The van der Waals surface area contributed by atoms with Crippen molar-refractivity contribution in [2.24, 2.45) is 0 Å². The Hall–Kier alpha value is -7.86. The van der Waals surface area contributed by atoms with Gasteiger partial charge < -0.3 is 13.7 Å². The summed E-state index contributed by atoms with van der Waals surface area (Å²) in [5, 5.41) is 27.2. The molecule has 0 spiro atoms. The lowest BCUT2D eigenvalue weighted by atomic mass is 10.0. The molecule has 0 unspecified atom stereocenters. The van der Waals surface area contributed by atoms with Crippen LogP contribution in [0.1, 0.15) is 11.1 Å². The number of nitrogens with zero attached hydrogens (tertiary/aromatic N) is 5. The Kier molecular flexibility index (Phi) is 6.61. The molecule has 11 rings (SSSR count). The number of aromatic nitrogens is 3. The molecule has 0 aliphatic rings. The van der Waals surface area contributed by atoms with Crippen LogP contribution in [0.15, 0.2) is 176 Å². The van der Waals surface area contributed by atoms with Gasteiger partial charge >= 0.3 is 0 Å². The van der Waals surface area contributed by atoms with Gasteiger partial charge in [-0.2, -0.15) is 10.5 Å². The normalized spacial score (nSPS) is 11.6. The third-order valence-corrected chi connectivity index (χ3v) is 11.1. The Morgan fingerprint density at radius 1 is 0.327 bits per heavy atom. The van der Waals surface area contributed by atoms with Crippen LogP contribution in [-0.2, 0) is 0 Å². The molecule has 0 radical (unpaired) electrons. The van der Waals surface area contributed by atoms with Crippen LogP contribution in [0.4, 0.5) is 0 Å². The van der Waals surface area contributed by atoms with Gasteiger partial charge in [0.2, 0.25) is 0 Å². The quantitative estimate of drug-likeness (QED) is 0.184. The molecule has 0 fully saturated rings. The van der Waals surface area contributed by atoms with Gasteiger partial charge in [0.25, 0.3) is 0 Å². The molecular weight excluding hydrogens is 671 g/mol. The summed E-state index contributed by atoms with van der Waals surface area (Å²) in [7, 11) is 0. The van der Waals surface area contributed by atoms with Gasteiger partial charge in [0.05, 0.1) is 56.0 Å². The number of fused-ring (bicyclic) bond motifs is 9. The molecule has 0 N–H and O–H groups in total. The second kappa shape index (κ2) is 11.8. The van der Waals surface area contributed by atoms with Crippen molar-refractivity contribution in [1.82, 2.24) is 13.7 Å². The number of hydrogen-bond acceptors (Lipinski definition) is 2. The summed E-state index contributed by atoms with van der Waals surface area (Å²) >= 11 is 0. The molecule has 0 amide bonds. The van der Waals surface area contributed by atoms with Crippen molar-refractivity contribution < 1.29 is 0 Å². The maximum Gasteiger partial charge on any atom is 0.101 e. The monoisotopic (exact) mass is 699 g/mol. The summed E-state index contributed by atoms with van der Waals surface area (Å²) in [6.07, 6.45) is 0. The number of rotatable bonds is 4. The molecule has 3 aromatic heterocycles. The molecule has 0 saturated carbocycles. The highest BCUT2D eigenvalue weighted by Gasteiger charge is 2.18. The summed E-state index contributed by atoms with van der Waals surface area (Å²) < 4.78 is 6.80. The minimum atomic E-state index is 0.614. The zero-order valence-electron chi connectivity index (χ0n) is 29.5. The van der Waals surface area contributed by atoms with E-state index in [4.69, 9.17) is 0 Å². The molecular formula is C50H29N5. The SMILES string of the molecule is N#Cc1ccc2c(c1)c1cc(-n3c4ccccc4c4ccccc43)ccc1n2-c1ccc(-c2ccc(-n3c4ccccc4c4ccccc43)c(C#N)c2)cc1. The van der Waals surface area contributed by atoms with Gasteiger partial charge in [-0.25, -0.2) is 0 Å². The van der Waals surface area contributed by atoms with Crippen LogP contribution in [0.25, 0.3) is 93.6 Å². The van der Waals surface area contributed by atoms with Gasteiger partial charge in [-0.3, -0.25) is 0 Å². The van der Waals surface area contributed by atoms with E-state index in [9.17, 15) is 10.5 Å². The lowest BCUT2D eigenvalue weighted by Crippen LogP contribution is -1.98. The minimum absolute atomic E-state index is 0.614. The zero-order chi connectivity index (χ0) is 36.6. The first-order valence-electron chi connectivity index (χ1n) is 18.3. The summed E-state index contributed by atoms with van der Waals surface area (Å²) in [6.45, 7) is 0. The van der Waals surface area contributed by atoms with Crippen molar-refractivity contribution >= 4 is 65.4 Å². The molecule has 5 nitrogen and oxygen atoms in total. The van der Waals surface area contributed by atoms with E-state index >= 15 is 0 Å². The fraction of sp³-hybridized carbons (Fsp3) is 0. The number of para-hydroxylation sites is 4. The molecule has 0 aliphatic heterocycles. The van der Waals surface area contributed by atoms with Crippen molar-refractivity contribution in [3.8, 4) is 40.3 Å². The first-order valence-corrected chi connectivity index (χ1v) is 18.3. The minimum Gasteiger partial charge on any atom is -0.309 e. The second-order valence-electron chi connectivity index (χ2n) is 14.0. The Labute approximate surface area is 316 Å². The molecule has 8 aromatic carbocycles. The molecule has 0 saturated heterocycles. The standard InChI is InChI=1S/C50H29N5/c51-30-32-17-24-49-42(27-32)43-29-37(54-45-13-5-1-9-38(45)39-10-2-6-14-46(39)54)23-26-50(43)53(49)36-21-18-33(19-22-36)34-20-25-44(35(28-34)31-52)55-47-15-7-3-11-40(47)41-12-4-8-16-48(41)55/h1-29H. The summed E-state index contributed by atoms with van der Waals surface area (Å²) in [5.74, 6) is 0. The van der Waals surface area contributed by atoms with Crippen LogP contribution in [0, 0.1) is 22.7 Å². The van der Waals surface area contributed by atoms with Gasteiger partial charge in [0.1, 0.15) is 6.07 Å². The average molecular weight is 700 g/mol. The summed E-state index contributed by atoms with van der Waals surface area (Å²) in [5.41, 5.74) is 12.7. The van der Waals surface area contributed by atoms with Crippen LogP contribution in [0.2, 0.25) is 0 Å². The van der Waals surface area contributed by atoms with Crippen molar-refractivity contribution in [2.45, 2.75) is 0 Å². The molecule has 11 aromatic rings. The first kappa shape index (κ1) is 30.7. The molecule has 0 bridgehead atoms. The summed E-state index contributed by atoms with van der Waals surface area (Å²) in [6, 6.07) is 65.9. The lowest BCUT2D eigenvalue weighted by Gasteiger charge is -2.13. The van der Waals surface area contributed by atoms with Gasteiger partial charge in [0, 0.05) is 43.7 Å². The topological polar surface area (TPSA) is 62.4 Å². The van der Waals surface area contributed by atoms with E-state index in [2.05, 4.69) is 171 Å². The Balaban J connectivity index is 1.03. The van der Waals surface area contributed by atoms with Gasteiger partial charge in [-0.15, -0.1) is 0 Å². The fourth-order valence-corrected chi connectivity index (χ4v) is 8.68. The highest BCUT2D eigenvalue weighted by Crippen LogP contribution is 2.38. The largest absolute Gasteiger partial charge is 0.309 e. The van der Waals surface area contributed by atoms with Crippen molar-refractivity contribution in [2.75, 3.05) is 0 Å². The second-order valence-corrected chi connectivity index (χ2v) is 14.0. The molecule has 254 valence electrons. The Morgan fingerprint density at radius 2 is 0.782 bits per heavy atom. The van der Waals surface area contributed by atoms with Crippen molar-refractivity contribution in [1.29, 1.82) is 10.5 Å². The molecule has 0 aliphatic carbocycles. The Morgan fingerprint density at radius 3 is 1.35 bits per heavy atom. The highest BCUT2D eigenvalue weighted by atomic mass is 15.0. The lowest BCUT2D eigenvalue weighted by molar-refractivity contribution is 1.16. The van der Waals surface area contributed by atoms with Crippen LogP contribution >= 0.6 is 0 Å². The third-order valence-electron chi connectivity index (χ3n) is 11.1. The predicted octanol–water partition coefficient (Wildman–Crippen LogP) is 12.4. The van der Waals surface area contributed by atoms with Crippen LogP contribution in [-0.4, -0.2) is 13.7 Å². The smallest absolute Gasteiger partial charge is 0.101 e. The fourth-order valence-electron chi connectivity index (χ4n) is 8.68. The van der Waals surface area contributed by atoms with Crippen LogP contribution < -0.4 is 0 Å². The van der Waals surface area contributed by atoms with E-state index < -0.39 is 0 Å². The van der Waals surface area contributed by atoms with E-state index in [1.807, 2.05) is 30.3 Å². The maximum absolute atomic E-state index is 10.4. The third kappa shape index (κ3) is 4.51. The van der Waals surface area contributed by atoms with Gasteiger partial charge in [-0.05, 0) is 96.1 Å². The van der Waals surface area contributed by atoms with Crippen molar-refractivity contribution in [3.05, 3.63) is 187 Å². The van der Waals surface area contributed by atoms with E-state index in [0.717, 1.165) is 72.1 Å². The number of hydrogen-bond donors (Lipinski definition) is 0. The number of nitriles is 2. The van der Waals surface area contributed by atoms with E-state index in [0.29, 0.717) is 11.1 Å². The van der Waals surface area contributed by atoms with Gasteiger partial charge in [0.15, 0.2) is 0 Å². The maximum atomic E-state index is 10.4. The highest BCUT2D eigenvalue weighted by molar-refractivity contribution is 6.13. The Bertz CT molecular complexity index is 3350. The van der Waals surface area contributed by atoms with E-state index in [-0.39, 0.29) is 0 Å². The van der Waals surface area contributed by atoms with Crippen LogP contribution in [0.3, 0.4) is 0 Å². The zero-order valence-corrected chi connectivity index (χ0v) is 29.5. The predicted molar refractivity (Wildman–Crippen MR) is 224 cm³/mol. The molecule has 55 heavy (non-hydrogen) atoms. The van der Waals surface area contributed by atoms with Crippen molar-refractivity contribution in [3.63, 3.8) is 0 Å². The first-order chi connectivity index (χ1) is 27.2. The molecule has 0 atom stereocenters. The van der Waals surface area contributed by atoms with Crippen LogP contribution in [0.5, 0.6) is 0 Å². The number of benzene rings is 8. The summed E-state index contributed by atoms with van der Waals surface area (Å²) in [4.78, 5) is 0. The van der Waals surface area contributed by atoms with Gasteiger partial charge in [-0.1, -0.05) is 91.0 Å². The average Bonchev–Trinajstić information content (AvgIpc) is 3.89. The molecule has 3 heterocycles.